The molecule has 17 heavy (non-hydrogen) atoms. The summed E-state index contributed by atoms with van der Waals surface area (Å²) in [5.41, 5.74) is 0. The molecule has 0 saturated carbocycles. The lowest BCUT2D eigenvalue weighted by Crippen LogP contribution is -2.55. The first kappa shape index (κ1) is 14.0. The average molecular weight is 241 g/mol. The minimum atomic E-state index is -0.340. The van der Waals surface area contributed by atoms with Gasteiger partial charge in [-0.2, -0.15) is 0 Å². The fourth-order valence-electron chi connectivity index (χ4n) is 2.16. The van der Waals surface area contributed by atoms with Crippen molar-refractivity contribution in [2.45, 2.75) is 20.3 Å². The molecule has 0 bridgehead atoms. The Bertz CT molecular complexity index is 281. The largest absolute Gasteiger partial charge is 0.333 e. The third-order valence-corrected chi connectivity index (χ3v) is 2.98. The van der Waals surface area contributed by atoms with Crippen molar-refractivity contribution in [1.82, 2.24) is 15.1 Å². The highest BCUT2D eigenvalue weighted by molar-refractivity contribution is 6.35. The van der Waals surface area contributed by atoms with Crippen molar-refractivity contribution in [1.29, 1.82) is 0 Å². The molecule has 1 unspecified atom stereocenters. The van der Waals surface area contributed by atoms with Crippen LogP contribution in [0.25, 0.3) is 0 Å². The van der Waals surface area contributed by atoms with Crippen molar-refractivity contribution < 1.29 is 9.59 Å². The number of hydrogen-bond acceptors (Lipinski definition) is 3. The highest BCUT2D eigenvalue weighted by Crippen LogP contribution is 2.08. The van der Waals surface area contributed by atoms with Gasteiger partial charge in [0.05, 0.1) is 0 Å². The predicted molar refractivity (Wildman–Crippen MR) is 66.5 cm³/mol. The molecule has 0 aromatic rings. The summed E-state index contributed by atoms with van der Waals surface area (Å²) in [5, 5.41) is 3.08. The molecule has 1 N–H and O–H groups in total. The van der Waals surface area contributed by atoms with Crippen LogP contribution in [-0.2, 0) is 9.59 Å². The maximum atomic E-state index is 11.9. The first-order valence-corrected chi connectivity index (χ1v) is 6.32. The Labute approximate surface area is 103 Å². The zero-order chi connectivity index (χ0) is 12.8. The lowest BCUT2D eigenvalue weighted by Gasteiger charge is -2.34. The van der Waals surface area contributed by atoms with E-state index in [-0.39, 0.29) is 11.8 Å². The predicted octanol–water partition coefficient (Wildman–Crippen LogP) is -0.0773. The van der Waals surface area contributed by atoms with Gasteiger partial charge >= 0.3 is 11.8 Å². The van der Waals surface area contributed by atoms with Gasteiger partial charge < -0.3 is 15.1 Å². The molecule has 0 aromatic carbocycles. The molecule has 5 heteroatoms. The quantitative estimate of drug-likeness (QED) is 0.662. The second-order valence-electron chi connectivity index (χ2n) is 4.71. The Morgan fingerprint density at radius 1 is 1.24 bits per heavy atom. The monoisotopic (exact) mass is 241 g/mol. The molecule has 0 aromatic heterocycles. The molecular weight excluding hydrogens is 218 g/mol. The van der Waals surface area contributed by atoms with Gasteiger partial charge in [-0.1, -0.05) is 13.8 Å². The van der Waals surface area contributed by atoms with Crippen LogP contribution in [0.2, 0.25) is 0 Å². The van der Waals surface area contributed by atoms with Crippen molar-refractivity contribution >= 4 is 11.8 Å². The Hall–Kier alpha value is -1.10. The highest BCUT2D eigenvalue weighted by Gasteiger charge is 2.32. The summed E-state index contributed by atoms with van der Waals surface area (Å²) in [6.07, 6.45) is 0.898. The summed E-state index contributed by atoms with van der Waals surface area (Å²) >= 11 is 0. The molecule has 1 atom stereocenters. The third-order valence-electron chi connectivity index (χ3n) is 2.98. The van der Waals surface area contributed by atoms with Crippen molar-refractivity contribution in [2.24, 2.45) is 5.92 Å². The molecule has 1 fully saturated rings. The Morgan fingerprint density at radius 3 is 2.41 bits per heavy atom. The first-order valence-electron chi connectivity index (χ1n) is 6.32. The molecule has 1 aliphatic heterocycles. The van der Waals surface area contributed by atoms with Gasteiger partial charge in [0, 0.05) is 26.2 Å². The smallest absolute Gasteiger partial charge is 0.312 e. The van der Waals surface area contributed by atoms with E-state index in [1.807, 2.05) is 14.0 Å². The molecule has 1 rings (SSSR count). The summed E-state index contributed by atoms with van der Waals surface area (Å²) < 4.78 is 0. The Balaban J connectivity index is 2.50. The molecule has 1 saturated heterocycles. The standard InChI is InChI=1S/C12H23N3O2/c1-4-5-14-6-7-15(12(17)11(14)16)9-10(2)8-13-3/h10,13H,4-9H2,1-3H3. The summed E-state index contributed by atoms with van der Waals surface area (Å²) in [5.74, 6) is -0.308. The van der Waals surface area contributed by atoms with Crippen LogP contribution in [0.3, 0.4) is 0 Å². The molecule has 0 aliphatic carbocycles. The van der Waals surface area contributed by atoms with Crippen LogP contribution in [0.5, 0.6) is 0 Å². The number of amides is 2. The van der Waals surface area contributed by atoms with Crippen LogP contribution >= 0.6 is 0 Å². The summed E-state index contributed by atoms with van der Waals surface area (Å²) in [6, 6.07) is 0. The van der Waals surface area contributed by atoms with E-state index >= 15 is 0 Å². The van der Waals surface area contributed by atoms with E-state index in [0.29, 0.717) is 32.1 Å². The number of carbonyl (C=O) groups excluding carboxylic acids is 2. The molecule has 0 spiro atoms. The van der Waals surface area contributed by atoms with Crippen molar-refractivity contribution in [3.63, 3.8) is 0 Å². The molecule has 1 aliphatic rings. The maximum absolute atomic E-state index is 11.9. The van der Waals surface area contributed by atoms with E-state index in [0.717, 1.165) is 13.0 Å². The second kappa shape index (κ2) is 6.59. The number of rotatable bonds is 6. The number of carbonyl (C=O) groups is 2. The lowest BCUT2D eigenvalue weighted by molar-refractivity contribution is -0.156. The van der Waals surface area contributed by atoms with E-state index in [1.165, 1.54) is 0 Å². The second-order valence-corrected chi connectivity index (χ2v) is 4.71. The summed E-state index contributed by atoms with van der Waals surface area (Å²) in [6.45, 7) is 7.63. The van der Waals surface area contributed by atoms with Crippen molar-refractivity contribution in [3.8, 4) is 0 Å². The van der Waals surface area contributed by atoms with Gasteiger partial charge in [0.15, 0.2) is 0 Å². The number of hydrogen-bond donors (Lipinski definition) is 1. The van der Waals surface area contributed by atoms with Crippen molar-refractivity contribution in [3.05, 3.63) is 0 Å². The van der Waals surface area contributed by atoms with E-state index in [1.54, 1.807) is 9.80 Å². The van der Waals surface area contributed by atoms with Gasteiger partial charge in [-0.25, -0.2) is 0 Å². The summed E-state index contributed by atoms with van der Waals surface area (Å²) in [4.78, 5) is 27.0. The first-order chi connectivity index (χ1) is 8.10. The van der Waals surface area contributed by atoms with E-state index in [2.05, 4.69) is 12.2 Å². The number of nitrogens with one attached hydrogen (secondary N) is 1. The molecule has 98 valence electrons. The summed E-state index contributed by atoms with van der Waals surface area (Å²) in [7, 11) is 1.89. The molecular formula is C12H23N3O2. The molecule has 2 amide bonds. The van der Waals surface area contributed by atoms with Gasteiger partial charge in [0.1, 0.15) is 0 Å². The van der Waals surface area contributed by atoms with Gasteiger partial charge in [0.2, 0.25) is 0 Å². The Morgan fingerprint density at radius 2 is 1.82 bits per heavy atom. The third kappa shape index (κ3) is 3.70. The maximum Gasteiger partial charge on any atom is 0.312 e. The molecule has 0 radical (unpaired) electrons. The van der Waals surface area contributed by atoms with Gasteiger partial charge in [-0.15, -0.1) is 0 Å². The van der Waals surface area contributed by atoms with Gasteiger partial charge in [-0.3, -0.25) is 9.59 Å². The van der Waals surface area contributed by atoms with Crippen LogP contribution in [0.4, 0.5) is 0 Å². The zero-order valence-corrected chi connectivity index (χ0v) is 11.0. The lowest BCUT2D eigenvalue weighted by atomic mass is 10.1. The zero-order valence-electron chi connectivity index (χ0n) is 11.0. The van der Waals surface area contributed by atoms with Crippen LogP contribution in [0.1, 0.15) is 20.3 Å². The van der Waals surface area contributed by atoms with E-state index < -0.39 is 0 Å². The normalized spacial score (nSPS) is 18.8. The van der Waals surface area contributed by atoms with E-state index in [4.69, 9.17) is 0 Å². The van der Waals surface area contributed by atoms with Crippen LogP contribution in [0.15, 0.2) is 0 Å². The topological polar surface area (TPSA) is 52.6 Å². The van der Waals surface area contributed by atoms with Crippen LogP contribution in [0, 0.1) is 5.92 Å². The SMILES string of the molecule is CCCN1CCN(CC(C)CNC)C(=O)C1=O. The minimum absolute atomic E-state index is 0.338. The fraction of sp³-hybridized carbons (Fsp3) is 0.833. The minimum Gasteiger partial charge on any atom is -0.333 e. The molecule has 5 nitrogen and oxygen atoms in total. The van der Waals surface area contributed by atoms with Gasteiger partial charge in [-0.05, 0) is 25.9 Å². The Kier molecular flexibility index (Phi) is 5.41. The van der Waals surface area contributed by atoms with Gasteiger partial charge in [0.25, 0.3) is 0 Å². The highest BCUT2D eigenvalue weighted by atomic mass is 16.2. The average Bonchev–Trinajstić information content (AvgIpc) is 2.29. The van der Waals surface area contributed by atoms with Crippen LogP contribution < -0.4 is 5.32 Å². The van der Waals surface area contributed by atoms with E-state index in [9.17, 15) is 9.59 Å². The van der Waals surface area contributed by atoms with Crippen molar-refractivity contribution in [2.75, 3.05) is 39.8 Å². The van der Waals surface area contributed by atoms with Crippen LogP contribution in [-0.4, -0.2) is 61.4 Å². The molecule has 1 heterocycles. The number of piperazine rings is 1. The fourth-order valence-corrected chi connectivity index (χ4v) is 2.16. The number of nitrogens with zero attached hydrogens (tertiary/aromatic N) is 2.